The molecule has 8 nitrogen and oxygen atoms in total. The van der Waals surface area contributed by atoms with Gasteiger partial charge in [0.25, 0.3) is 5.91 Å². The van der Waals surface area contributed by atoms with E-state index in [4.69, 9.17) is 10.5 Å². The van der Waals surface area contributed by atoms with Crippen molar-refractivity contribution in [1.82, 2.24) is 5.32 Å². The number of urea groups is 1. The summed E-state index contributed by atoms with van der Waals surface area (Å²) in [6.07, 6.45) is -0.557. The fraction of sp³-hybridized carbons (Fsp3) is 0.250. The molecule has 28 heavy (non-hydrogen) atoms. The summed E-state index contributed by atoms with van der Waals surface area (Å²) in [4.78, 5) is 34.8. The molecule has 0 bridgehead atoms. The summed E-state index contributed by atoms with van der Waals surface area (Å²) >= 11 is 0. The Labute approximate surface area is 163 Å². The Morgan fingerprint density at radius 2 is 1.43 bits per heavy atom. The first-order valence-corrected chi connectivity index (χ1v) is 8.66. The summed E-state index contributed by atoms with van der Waals surface area (Å²) in [6, 6.07) is 12.8. The van der Waals surface area contributed by atoms with E-state index in [1.807, 2.05) is 0 Å². The normalized spacial score (nSPS) is 10.7. The monoisotopic (exact) mass is 384 g/mol. The summed E-state index contributed by atoms with van der Waals surface area (Å²) in [7, 11) is 0. The molecule has 148 valence electrons. The highest BCUT2D eigenvalue weighted by molar-refractivity contribution is 5.95. The Bertz CT molecular complexity index is 840. The Morgan fingerprint density at radius 1 is 0.893 bits per heavy atom. The van der Waals surface area contributed by atoms with E-state index >= 15 is 0 Å². The van der Waals surface area contributed by atoms with Crippen molar-refractivity contribution in [2.75, 3.05) is 10.6 Å². The number of primary amides is 1. The van der Waals surface area contributed by atoms with Crippen LogP contribution in [0.1, 0.15) is 36.7 Å². The van der Waals surface area contributed by atoms with Crippen molar-refractivity contribution in [1.29, 1.82) is 0 Å². The summed E-state index contributed by atoms with van der Waals surface area (Å²) in [5.74, 6) is -0.247. The van der Waals surface area contributed by atoms with E-state index in [0.29, 0.717) is 23.5 Å². The quantitative estimate of drug-likeness (QED) is 0.630. The van der Waals surface area contributed by atoms with Gasteiger partial charge in [-0.25, -0.2) is 9.59 Å². The van der Waals surface area contributed by atoms with Crippen LogP contribution in [-0.2, 0) is 11.3 Å². The van der Waals surface area contributed by atoms with E-state index in [2.05, 4.69) is 16.0 Å². The summed E-state index contributed by atoms with van der Waals surface area (Å²) < 4.78 is 5.18. The van der Waals surface area contributed by atoms with Gasteiger partial charge in [-0.1, -0.05) is 12.1 Å². The van der Waals surface area contributed by atoms with Crippen LogP contribution in [0.2, 0.25) is 0 Å². The largest absolute Gasteiger partial charge is 0.444 e. The van der Waals surface area contributed by atoms with Crippen LogP contribution in [-0.4, -0.2) is 23.6 Å². The Morgan fingerprint density at radius 3 is 1.96 bits per heavy atom. The third kappa shape index (κ3) is 6.99. The van der Waals surface area contributed by atoms with Gasteiger partial charge in [0.2, 0.25) is 0 Å². The number of carbonyl (C=O) groups is 3. The van der Waals surface area contributed by atoms with Crippen molar-refractivity contribution >= 4 is 29.4 Å². The molecule has 0 unspecified atom stereocenters. The van der Waals surface area contributed by atoms with Gasteiger partial charge in [0.1, 0.15) is 5.60 Å². The molecular weight excluding hydrogens is 360 g/mol. The molecule has 0 heterocycles. The van der Waals surface area contributed by atoms with Crippen LogP contribution in [0.5, 0.6) is 0 Å². The summed E-state index contributed by atoms with van der Waals surface area (Å²) in [5.41, 5.74) is 6.90. The number of amides is 4. The molecule has 2 aromatic rings. The molecule has 0 saturated carbocycles. The van der Waals surface area contributed by atoms with Crippen LogP contribution in [0, 0.1) is 0 Å². The van der Waals surface area contributed by atoms with Gasteiger partial charge in [-0.2, -0.15) is 0 Å². The summed E-state index contributed by atoms with van der Waals surface area (Å²) in [5, 5.41) is 7.88. The molecule has 0 aromatic heterocycles. The zero-order valence-corrected chi connectivity index (χ0v) is 16.0. The first-order valence-electron chi connectivity index (χ1n) is 8.66. The van der Waals surface area contributed by atoms with Crippen molar-refractivity contribution in [3.05, 3.63) is 59.7 Å². The molecule has 0 spiro atoms. The van der Waals surface area contributed by atoms with E-state index in [1.54, 1.807) is 69.3 Å². The molecule has 2 rings (SSSR count). The highest BCUT2D eigenvalue weighted by atomic mass is 16.6. The predicted octanol–water partition coefficient (Wildman–Crippen LogP) is 3.45. The molecule has 0 radical (unpaired) electrons. The second-order valence-corrected chi connectivity index (χ2v) is 7.07. The van der Waals surface area contributed by atoms with E-state index in [0.717, 1.165) is 5.56 Å². The fourth-order valence-electron chi connectivity index (χ4n) is 2.26. The lowest BCUT2D eigenvalue weighted by Crippen LogP contribution is -2.27. The van der Waals surface area contributed by atoms with Gasteiger partial charge >= 0.3 is 12.1 Å². The van der Waals surface area contributed by atoms with Crippen molar-refractivity contribution in [2.45, 2.75) is 32.9 Å². The Balaban J connectivity index is 1.87. The minimum absolute atomic E-state index is 0.247. The number of nitrogens with one attached hydrogen (secondary N) is 3. The number of hydrogen-bond donors (Lipinski definition) is 4. The first-order chi connectivity index (χ1) is 13.1. The Hall–Kier alpha value is -3.55. The topological polar surface area (TPSA) is 123 Å². The van der Waals surface area contributed by atoms with Gasteiger partial charge < -0.3 is 21.1 Å². The molecule has 0 fully saturated rings. The molecule has 2 aromatic carbocycles. The number of rotatable bonds is 5. The average molecular weight is 384 g/mol. The van der Waals surface area contributed by atoms with Crippen molar-refractivity contribution in [3.8, 4) is 0 Å². The van der Waals surface area contributed by atoms with E-state index in [9.17, 15) is 14.4 Å². The minimum Gasteiger partial charge on any atom is -0.444 e. The summed E-state index contributed by atoms with van der Waals surface area (Å²) in [6.45, 7) is 5.67. The molecular formula is C20H24N4O4. The smallest absolute Gasteiger partial charge is 0.412 e. The molecule has 0 atom stereocenters. The van der Waals surface area contributed by atoms with Crippen LogP contribution >= 0.6 is 0 Å². The first kappa shape index (κ1) is 20.8. The predicted molar refractivity (Wildman–Crippen MR) is 107 cm³/mol. The number of anilines is 2. The molecule has 0 aliphatic carbocycles. The number of benzene rings is 2. The maximum absolute atomic E-state index is 12.3. The second kappa shape index (κ2) is 8.90. The van der Waals surface area contributed by atoms with Crippen LogP contribution in [0.25, 0.3) is 0 Å². The van der Waals surface area contributed by atoms with Crippen LogP contribution in [0.4, 0.5) is 21.0 Å². The highest BCUT2D eigenvalue weighted by Gasteiger charge is 2.16. The third-order valence-corrected chi connectivity index (χ3v) is 3.47. The maximum atomic E-state index is 12.3. The zero-order chi connectivity index (χ0) is 20.7. The lowest BCUT2D eigenvalue weighted by Gasteiger charge is -2.19. The van der Waals surface area contributed by atoms with Crippen molar-refractivity contribution < 1.29 is 19.1 Å². The standard InChI is InChI=1S/C20H24N4O4/c1-20(2,3)28-19(27)24-16-10-6-14(7-11-16)17(25)22-12-13-4-8-15(9-5-13)23-18(21)26/h4-11H,12H2,1-3H3,(H,22,25)(H,24,27)(H3,21,23,26). The van der Waals surface area contributed by atoms with Crippen LogP contribution in [0.15, 0.2) is 48.5 Å². The fourth-order valence-corrected chi connectivity index (χ4v) is 2.26. The van der Waals surface area contributed by atoms with Gasteiger partial charge in [0.05, 0.1) is 0 Å². The zero-order valence-electron chi connectivity index (χ0n) is 16.0. The molecule has 0 aliphatic rings. The molecule has 0 aliphatic heterocycles. The van der Waals surface area contributed by atoms with Gasteiger partial charge in [-0.05, 0) is 62.7 Å². The number of ether oxygens (including phenoxy) is 1. The van der Waals surface area contributed by atoms with Gasteiger partial charge in [-0.3, -0.25) is 10.1 Å². The van der Waals surface area contributed by atoms with Crippen molar-refractivity contribution in [3.63, 3.8) is 0 Å². The minimum atomic E-state index is -0.634. The second-order valence-electron chi connectivity index (χ2n) is 7.07. The lowest BCUT2D eigenvalue weighted by atomic mass is 10.1. The number of hydrogen-bond acceptors (Lipinski definition) is 4. The molecule has 8 heteroatoms. The van der Waals surface area contributed by atoms with Crippen LogP contribution < -0.4 is 21.7 Å². The number of nitrogens with two attached hydrogens (primary N) is 1. The number of carbonyl (C=O) groups excluding carboxylic acids is 3. The third-order valence-electron chi connectivity index (χ3n) is 3.47. The SMILES string of the molecule is CC(C)(C)OC(=O)Nc1ccc(C(=O)NCc2ccc(NC(N)=O)cc2)cc1. The van der Waals surface area contributed by atoms with Gasteiger partial charge in [0.15, 0.2) is 0 Å². The molecule has 4 amide bonds. The maximum Gasteiger partial charge on any atom is 0.412 e. The van der Waals surface area contributed by atoms with E-state index < -0.39 is 17.7 Å². The Kier molecular flexibility index (Phi) is 6.59. The van der Waals surface area contributed by atoms with Gasteiger partial charge in [0, 0.05) is 23.5 Å². The molecule has 0 saturated heterocycles. The highest BCUT2D eigenvalue weighted by Crippen LogP contribution is 2.13. The van der Waals surface area contributed by atoms with Gasteiger partial charge in [-0.15, -0.1) is 0 Å². The average Bonchev–Trinajstić information content (AvgIpc) is 2.59. The molecule has 5 N–H and O–H groups in total. The van der Waals surface area contributed by atoms with E-state index in [-0.39, 0.29) is 5.91 Å². The van der Waals surface area contributed by atoms with Crippen LogP contribution in [0.3, 0.4) is 0 Å². The van der Waals surface area contributed by atoms with Crippen molar-refractivity contribution in [2.24, 2.45) is 5.73 Å². The lowest BCUT2D eigenvalue weighted by molar-refractivity contribution is 0.0635. The van der Waals surface area contributed by atoms with E-state index in [1.165, 1.54) is 0 Å².